The molecule has 0 spiro atoms. The molecule has 0 aliphatic heterocycles. The van der Waals surface area contributed by atoms with E-state index >= 15 is 0 Å². The molecular formula is C39H30B6N4O. The van der Waals surface area contributed by atoms with Gasteiger partial charge in [0.25, 0.3) is 0 Å². The summed E-state index contributed by atoms with van der Waals surface area (Å²) in [5.74, 6) is 1.90. The Kier molecular flexibility index (Phi) is 6.96. The molecular weight excluding hydrogens is 605 g/mol. The Balaban J connectivity index is 1.35. The first-order valence-corrected chi connectivity index (χ1v) is 17.1. The number of furan rings is 1. The monoisotopic (exact) mass is 636 g/mol. The summed E-state index contributed by atoms with van der Waals surface area (Å²) in [7, 11) is 13.5. The lowest BCUT2D eigenvalue weighted by atomic mass is 9.71. The highest BCUT2D eigenvalue weighted by atomic mass is 16.3. The summed E-state index contributed by atoms with van der Waals surface area (Å²) >= 11 is 0. The molecule has 0 radical (unpaired) electrons. The van der Waals surface area contributed by atoms with Gasteiger partial charge in [-0.2, -0.15) is 0 Å². The number of hydrogen-bond donors (Lipinski definition) is 0. The average Bonchev–Trinajstić information content (AvgIpc) is 3.71. The van der Waals surface area contributed by atoms with Crippen molar-refractivity contribution >= 4 is 124 Å². The number of fused-ring (bicyclic) bond motifs is 6. The van der Waals surface area contributed by atoms with Crippen LogP contribution in [-0.4, -0.2) is 66.6 Å². The molecule has 0 bridgehead atoms. The van der Waals surface area contributed by atoms with Crippen molar-refractivity contribution in [1.29, 1.82) is 0 Å². The third kappa shape index (κ3) is 4.60. The van der Waals surface area contributed by atoms with Gasteiger partial charge in [0.15, 0.2) is 17.5 Å². The fraction of sp³-hybridized carbons (Fsp3) is 0. The molecule has 9 aromatic rings. The van der Waals surface area contributed by atoms with Gasteiger partial charge in [0, 0.05) is 33.1 Å². The number of hydrogen-bond acceptors (Lipinski definition) is 4. The van der Waals surface area contributed by atoms with E-state index in [1.54, 1.807) is 0 Å². The van der Waals surface area contributed by atoms with Gasteiger partial charge in [0.1, 0.15) is 58.2 Å². The van der Waals surface area contributed by atoms with Crippen molar-refractivity contribution in [2.75, 3.05) is 0 Å². The van der Waals surface area contributed by atoms with Gasteiger partial charge in [-0.15, -0.1) is 0 Å². The van der Waals surface area contributed by atoms with Crippen LogP contribution in [0.25, 0.3) is 83.6 Å². The second-order valence-corrected chi connectivity index (χ2v) is 13.6. The van der Waals surface area contributed by atoms with Crippen LogP contribution in [0.1, 0.15) is 0 Å². The van der Waals surface area contributed by atoms with Crippen molar-refractivity contribution < 1.29 is 4.42 Å². The minimum Gasteiger partial charge on any atom is -0.456 e. The summed E-state index contributed by atoms with van der Waals surface area (Å²) in [5, 5.41) is 4.76. The molecule has 0 amide bonds. The molecule has 0 atom stereocenters. The van der Waals surface area contributed by atoms with Crippen molar-refractivity contribution in [2.24, 2.45) is 0 Å². The summed E-state index contributed by atoms with van der Waals surface area (Å²) in [6.07, 6.45) is 0. The van der Waals surface area contributed by atoms with Crippen LogP contribution in [0.2, 0.25) is 0 Å². The van der Waals surface area contributed by atoms with Gasteiger partial charge in [-0.05, 0) is 41.1 Å². The predicted molar refractivity (Wildman–Crippen MR) is 227 cm³/mol. The highest BCUT2D eigenvalue weighted by Crippen LogP contribution is 2.38. The van der Waals surface area contributed by atoms with Crippen molar-refractivity contribution in [3.8, 4) is 39.9 Å². The number of aromatic nitrogens is 4. The third-order valence-corrected chi connectivity index (χ3v) is 10.4. The largest absolute Gasteiger partial charge is 0.456 e. The predicted octanol–water partition coefficient (Wildman–Crippen LogP) is -0.580. The fourth-order valence-electron chi connectivity index (χ4n) is 7.76. The number of nitrogens with zero attached hydrogens (tertiary/aromatic N) is 4. The van der Waals surface area contributed by atoms with Gasteiger partial charge in [0.2, 0.25) is 0 Å². The van der Waals surface area contributed by atoms with Crippen LogP contribution in [0.3, 0.4) is 0 Å². The minimum atomic E-state index is 0.618. The SMILES string of the molecule is Bc1cc(B)c2c(c1B)c1c(B)c(B)cc(B)c1n2-c1cccc2oc3ccc(-c4nc(-c5ccccc5)nc(-c5ccccc5)n4)cc3c12. The van der Waals surface area contributed by atoms with Crippen LogP contribution < -0.4 is 32.8 Å². The van der Waals surface area contributed by atoms with Gasteiger partial charge < -0.3 is 8.98 Å². The Morgan fingerprint density at radius 1 is 0.440 bits per heavy atom. The molecule has 3 aromatic heterocycles. The molecule has 9 rings (SSSR count). The van der Waals surface area contributed by atoms with Crippen molar-refractivity contribution in [3.05, 3.63) is 109 Å². The molecule has 0 unspecified atom stereocenters. The maximum absolute atomic E-state index is 6.57. The molecule has 0 saturated carbocycles. The summed E-state index contributed by atoms with van der Waals surface area (Å²) < 4.78 is 9.06. The smallest absolute Gasteiger partial charge is 0.164 e. The van der Waals surface area contributed by atoms with E-state index in [0.29, 0.717) is 17.5 Å². The molecule has 230 valence electrons. The molecule has 3 heterocycles. The second kappa shape index (κ2) is 11.4. The zero-order valence-corrected chi connectivity index (χ0v) is 29.1. The Morgan fingerprint density at radius 2 is 0.960 bits per heavy atom. The van der Waals surface area contributed by atoms with Crippen LogP contribution in [-0.2, 0) is 0 Å². The van der Waals surface area contributed by atoms with Crippen LogP contribution in [0, 0.1) is 0 Å². The molecule has 0 N–H and O–H groups in total. The maximum Gasteiger partial charge on any atom is 0.164 e. The summed E-state index contributed by atoms with van der Waals surface area (Å²) in [6.45, 7) is 0. The minimum absolute atomic E-state index is 0.618. The van der Waals surface area contributed by atoms with Gasteiger partial charge >= 0.3 is 0 Å². The van der Waals surface area contributed by atoms with Crippen molar-refractivity contribution in [1.82, 2.24) is 19.5 Å². The van der Waals surface area contributed by atoms with E-state index in [-0.39, 0.29) is 0 Å². The lowest BCUT2D eigenvalue weighted by molar-refractivity contribution is 0.669. The van der Waals surface area contributed by atoms with E-state index in [1.165, 1.54) is 54.6 Å². The first-order valence-electron chi connectivity index (χ1n) is 17.1. The maximum atomic E-state index is 6.57. The standard InChI is InChI=1S/C39H30B6N4O/c40-23-17-25(42)35-31(33(23)44)32-34(45)24(41)18-26(43)36(32)49(35)27-12-7-13-29-30(27)22-16-21(14-15-28(22)50-29)39-47-37(19-8-3-1-4-9-19)46-38(48-39)20-10-5-2-6-11-20/h1-18H,40-45H2. The van der Waals surface area contributed by atoms with E-state index in [1.807, 2.05) is 66.7 Å². The average molecular weight is 636 g/mol. The van der Waals surface area contributed by atoms with E-state index in [4.69, 9.17) is 19.4 Å². The third-order valence-electron chi connectivity index (χ3n) is 10.4. The molecule has 50 heavy (non-hydrogen) atoms. The van der Waals surface area contributed by atoms with Crippen LogP contribution >= 0.6 is 0 Å². The molecule has 0 saturated heterocycles. The molecule has 0 aliphatic carbocycles. The lowest BCUT2D eigenvalue weighted by Crippen LogP contribution is -2.33. The van der Waals surface area contributed by atoms with E-state index in [0.717, 1.165) is 44.3 Å². The highest BCUT2D eigenvalue weighted by molar-refractivity contribution is 6.62. The molecule has 5 nitrogen and oxygen atoms in total. The fourth-order valence-corrected chi connectivity index (χ4v) is 7.76. The first kappa shape index (κ1) is 30.4. The van der Waals surface area contributed by atoms with Crippen LogP contribution in [0.15, 0.2) is 114 Å². The number of benzene rings is 6. The Bertz CT molecular complexity index is 2700. The van der Waals surface area contributed by atoms with Gasteiger partial charge in [-0.1, -0.05) is 112 Å². The molecule has 0 aliphatic rings. The number of rotatable bonds is 4. The molecule has 6 aromatic carbocycles. The van der Waals surface area contributed by atoms with Crippen molar-refractivity contribution in [3.63, 3.8) is 0 Å². The quantitative estimate of drug-likeness (QED) is 0.243. The van der Waals surface area contributed by atoms with E-state index in [2.05, 4.69) is 94.1 Å². The summed E-state index contributed by atoms with van der Waals surface area (Å²) in [6, 6.07) is 37.5. The van der Waals surface area contributed by atoms with E-state index in [9.17, 15) is 0 Å². The summed E-state index contributed by atoms with van der Waals surface area (Å²) in [5.41, 5.74) is 15.8. The Hall–Kier alpha value is -5.68. The highest BCUT2D eigenvalue weighted by Gasteiger charge is 2.23. The second-order valence-electron chi connectivity index (χ2n) is 13.6. The van der Waals surface area contributed by atoms with Gasteiger partial charge in [-0.3, -0.25) is 0 Å². The van der Waals surface area contributed by atoms with Crippen LogP contribution in [0.4, 0.5) is 0 Å². The molecule has 0 fully saturated rings. The zero-order chi connectivity index (χ0) is 34.3. The van der Waals surface area contributed by atoms with Crippen LogP contribution in [0.5, 0.6) is 0 Å². The Morgan fingerprint density at radius 3 is 1.50 bits per heavy atom. The van der Waals surface area contributed by atoms with Gasteiger partial charge in [-0.25, -0.2) is 15.0 Å². The summed E-state index contributed by atoms with van der Waals surface area (Å²) in [4.78, 5) is 15.0. The first-order chi connectivity index (χ1) is 24.3. The molecule has 11 heteroatoms. The Labute approximate surface area is 295 Å². The van der Waals surface area contributed by atoms with E-state index < -0.39 is 0 Å². The normalized spacial score (nSPS) is 11.7. The topological polar surface area (TPSA) is 56.7 Å². The lowest BCUT2D eigenvalue weighted by Gasteiger charge is -2.14. The zero-order valence-electron chi connectivity index (χ0n) is 29.1. The van der Waals surface area contributed by atoms with Crippen molar-refractivity contribution in [2.45, 2.75) is 0 Å². The van der Waals surface area contributed by atoms with Gasteiger partial charge in [0.05, 0.1) is 11.1 Å².